The SMILES string of the molecule is CCC1CCCC1(CN)N1CCN(CC2CC2)CC1. The van der Waals surface area contributed by atoms with E-state index in [2.05, 4.69) is 16.7 Å². The van der Waals surface area contributed by atoms with Crippen molar-refractivity contribution in [2.75, 3.05) is 39.3 Å². The van der Waals surface area contributed by atoms with Gasteiger partial charge in [-0.1, -0.05) is 19.8 Å². The lowest BCUT2D eigenvalue weighted by molar-refractivity contribution is 0.0101. The molecule has 2 saturated carbocycles. The fraction of sp³-hybridized carbons (Fsp3) is 1.00. The quantitative estimate of drug-likeness (QED) is 0.824. The van der Waals surface area contributed by atoms with E-state index in [0.29, 0.717) is 5.54 Å². The van der Waals surface area contributed by atoms with Crippen molar-refractivity contribution in [1.82, 2.24) is 9.80 Å². The highest BCUT2D eigenvalue weighted by Crippen LogP contribution is 2.42. The maximum Gasteiger partial charge on any atom is 0.0360 e. The molecule has 0 amide bonds. The number of piperazine rings is 1. The summed E-state index contributed by atoms with van der Waals surface area (Å²) in [6.45, 7) is 9.63. The van der Waals surface area contributed by atoms with Crippen molar-refractivity contribution in [1.29, 1.82) is 0 Å². The van der Waals surface area contributed by atoms with E-state index in [-0.39, 0.29) is 0 Å². The molecule has 110 valence electrons. The minimum Gasteiger partial charge on any atom is -0.329 e. The van der Waals surface area contributed by atoms with Gasteiger partial charge in [0, 0.05) is 44.8 Å². The van der Waals surface area contributed by atoms with Gasteiger partial charge in [0.05, 0.1) is 0 Å². The smallest absolute Gasteiger partial charge is 0.0360 e. The highest BCUT2D eigenvalue weighted by Gasteiger charge is 2.46. The van der Waals surface area contributed by atoms with Crippen molar-refractivity contribution in [2.45, 2.75) is 51.0 Å². The van der Waals surface area contributed by atoms with Gasteiger partial charge in [-0.3, -0.25) is 4.90 Å². The van der Waals surface area contributed by atoms with Crippen LogP contribution in [0.25, 0.3) is 0 Å². The number of nitrogens with zero attached hydrogens (tertiary/aromatic N) is 2. The molecule has 0 spiro atoms. The molecule has 0 aromatic heterocycles. The van der Waals surface area contributed by atoms with E-state index in [1.165, 1.54) is 71.2 Å². The minimum atomic E-state index is 0.348. The fourth-order valence-corrected chi connectivity index (χ4v) is 4.57. The van der Waals surface area contributed by atoms with Gasteiger partial charge < -0.3 is 10.6 Å². The number of hydrogen-bond acceptors (Lipinski definition) is 3. The first-order valence-corrected chi connectivity index (χ1v) is 8.46. The third kappa shape index (κ3) is 2.70. The molecular weight excluding hydrogens is 234 g/mol. The molecule has 1 saturated heterocycles. The van der Waals surface area contributed by atoms with E-state index in [1.807, 2.05) is 0 Å². The van der Waals surface area contributed by atoms with Crippen LogP contribution in [0, 0.1) is 11.8 Å². The Labute approximate surface area is 118 Å². The van der Waals surface area contributed by atoms with Gasteiger partial charge in [-0.2, -0.15) is 0 Å². The summed E-state index contributed by atoms with van der Waals surface area (Å²) in [6, 6.07) is 0. The normalized spacial score (nSPS) is 37.9. The van der Waals surface area contributed by atoms with Gasteiger partial charge >= 0.3 is 0 Å². The molecule has 2 N–H and O–H groups in total. The van der Waals surface area contributed by atoms with E-state index in [0.717, 1.165) is 18.4 Å². The van der Waals surface area contributed by atoms with Gasteiger partial charge in [0.25, 0.3) is 0 Å². The monoisotopic (exact) mass is 265 g/mol. The zero-order valence-electron chi connectivity index (χ0n) is 12.6. The topological polar surface area (TPSA) is 32.5 Å². The first-order valence-electron chi connectivity index (χ1n) is 8.46. The lowest BCUT2D eigenvalue weighted by atomic mass is 9.83. The summed E-state index contributed by atoms with van der Waals surface area (Å²) in [7, 11) is 0. The summed E-state index contributed by atoms with van der Waals surface area (Å²) in [6.07, 6.45) is 8.38. The molecule has 2 atom stereocenters. The molecule has 0 aromatic carbocycles. The van der Waals surface area contributed by atoms with Gasteiger partial charge in [0.1, 0.15) is 0 Å². The molecule has 3 fully saturated rings. The molecule has 0 bridgehead atoms. The minimum absolute atomic E-state index is 0.348. The van der Waals surface area contributed by atoms with E-state index in [1.54, 1.807) is 0 Å². The van der Waals surface area contributed by atoms with Gasteiger partial charge in [0.2, 0.25) is 0 Å². The zero-order chi connectivity index (χ0) is 13.3. The third-order valence-electron chi connectivity index (χ3n) is 5.98. The van der Waals surface area contributed by atoms with Crippen LogP contribution in [0.15, 0.2) is 0 Å². The molecule has 1 aliphatic heterocycles. The van der Waals surface area contributed by atoms with Crippen molar-refractivity contribution >= 4 is 0 Å². The molecule has 3 heteroatoms. The Morgan fingerprint density at radius 1 is 1.11 bits per heavy atom. The Hall–Kier alpha value is -0.120. The maximum atomic E-state index is 6.24. The summed E-state index contributed by atoms with van der Waals surface area (Å²) in [5.41, 5.74) is 6.58. The summed E-state index contributed by atoms with van der Waals surface area (Å²) in [5.74, 6) is 1.87. The van der Waals surface area contributed by atoms with E-state index >= 15 is 0 Å². The Morgan fingerprint density at radius 3 is 2.42 bits per heavy atom. The van der Waals surface area contributed by atoms with Crippen LogP contribution in [0.3, 0.4) is 0 Å². The molecule has 1 heterocycles. The van der Waals surface area contributed by atoms with Crippen LogP contribution in [-0.2, 0) is 0 Å². The first kappa shape index (κ1) is 13.8. The number of hydrogen-bond donors (Lipinski definition) is 1. The molecule has 3 rings (SSSR count). The molecule has 2 aliphatic carbocycles. The van der Waals surface area contributed by atoms with Crippen LogP contribution in [0.5, 0.6) is 0 Å². The summed E-state index contributed by atoms with van der Waals surface area (Å²) < 4.78 is 0. The largest absolute Gasteiger partial charge is 0.329 e. The lowest BCUT2D eigenvalue weighted by Gasteiger charge is -2.48. The maximum absolute atomic E-state index is 6.24. The van der Waals surface area contributed by atoms with Crippen LogP contribution >= 0.6 is 0 Å². The van der Waals surface area contributed by atoms with E-state index in [4.69, 9.17) is 5.73 Å². The predicted molar refractivity (Wildman–Crippen MR) is 80.2 cm³/mol. The molecule has 0 radical (unpaired) electrons. The average molecular weight is 265 g/mol. The molecule has 19 heavy (non-hydrogen) atoms. The van der Waals surface area contributed by atoms with E-state index < -0.39 is 0 Å². The van der Waals surface area contributed by atoms with Crippen molar-refractivity contribution in [3.05, 3.63) is 0 Å². The molecule has 3 nitrogen and oxygen atoms in total. The van der Waals surface area contributed by atoms with Crippen LogP contribution in [0.4, 0.5) is 0 Å². The average Bonchev–Trinajstić information content (AvgIpc) is 3.16. The second-order valence-electron chi connectivity index (χ2n) is 7.04. The third-order valence-corrected chi connectivity index (χ3v) is 5.98. The fourth-order valence-electron chi connectivity index (χ4n) is 4.57. The highest BCUT2D eigenvalue weighted by atomic mass is 15.3. The highest BCUT2D eigenvalue weighted by molar-refractivity contribution is 5.02. The van der Waals surface area contributed by atoms with Crippen molar-refractivity contribution in [2.24, 2.45) is 17.6 Å². The lowest BCUT2D eigenvalue weighted by Crippen LogP contribution is -2.61. The number of rotatable bonds is 5. The molecule has 2 unspecified atom stereocenters. The standard InChI is InChI=1S/C16H31N3/c1-2-15-4-3-7-16(15,13-17)19-10-8-18(9-11-19)12-14-5-6-14/h14-15H,2-13,17H2,1H3. The van der Waals surface area contributed by atoms with Crippen molar-refractivity contribution in [3.8, 4) is 0 Å². The Balaban J connectivity index is 1.58. The first-order chi connectivity index (χ1) is 9.28. The van der Waals surface area contributed by atoms with Crippen molar-refractivity contribution < 1.29 is 0 Å². The number of nitrogens with two attached hydrogens (primary N) is 1. The Kier molecular flexibility index (Phi) is 4.16. The van der Waals surface area contributed by atoms with Crippen LogP contribution in [-0.4, -0.2) is 54.6 Å². The summed E-state index contributed by atoms with van der Waals surface area (Å²) in [5, 5.41) is 0. The predicted octanol–water partition coefficient (Wildman–Crippen LogP) is 1.92. The molecule has 0 aromatic rings. The van der Waals surface area contributed by atoms with Crippen LogP contribution in [0.2, 0.25) is 0 Å². The van der Waals surface area contributed by atoms with Gasteiger partial charge in [-0.15, -0.1) is 0 Å². The second-order valence-corrected chi connectivity index (χ2v) is 7.04. The Morgan fingerprint density at radius 2 is 1.84 bits per heavy atom. The van der Waals surface area contributed by atoms with Gasteiger partial charge in [0.15, 0.2) is 0 Å². The van der Waals surface area contributed by atoms with E-state index in [9.17, 15) is 0 Å². The summed E-state index contributed by atoms with van der Waals surface area (Å²) in [4.78, 5) is 5.45. The van der Waals surface area contributed by atoms with Gasteiger partial charge in [-0.05, 0) is 37.5 Å². The van der Waals surface area contributed by atoms with Crippen LogP contribution in [0.1, 0.15) is 45.4 Å². The van der Waals surface area contributed by atoms with Crippen molar-refractivity contribution in [3.63, 3.8) is 0 Å². The molecular formula is C16H31N3. The Bertz CT molecular complexity index is 294. The zero-order valence-corrected chi connectivity index (χ0v) is 12.6. The second kappa shape index (κ2) is 5.71. The van der Waals surface area contributed by atoms with Crippen LogP contribution < -0.4 is 5.73 Å². The van der Waals surface area contributed by atoms with Gasteiger partial charge in [-0.25, -0.2) is 0 Å². The summed E-state index contributed by atoms with van der Waals surface area (Å²) >= 11 is 0. The molecule has 3 aliphatic rings.